The fraction of sp³-hybridized carbons (Fsp3) is 0.769. The molecule has 0 bridgehead atoms. The van der Waals surface area contributed by atoms with Crippen molar-refractivity contribution in [2.75, 3.05) is 5.75 Å². The number of Topliss-reactive ketones (excluding diaryl/α,β-unsaturated/α-hetero) is 1. The molecule has 15 heavy (non-hydrogen) atoms. The van der Waals surface area contributed by atoms with Gasteiger partial charge < -0.3 is 0 Å². The summed E-state index contributed by atoms with van der Waals surface area (Å²) in [5, 5.41) is 0.750. The predicted octanol–water partition coefficient (Wildman–Crippen LogP) is 3.42. The van der Waals surface area contributed by atoms with Crippen LogP contribution in [0.4, 0.5) is 0 Å². The van der Waals surface area contributed by atoms with E-state index in [9.17, 15) is 4.79 Å². The Morgan fingerprint density at radius 2 is 2.07 bits per heavy atom. The molecule has 1 aliphatic carbocycles. The van der Waals surface area contributed by atoms with Gasteiger partial charge in [0.2, 0.25) is 0 Å². The summed E-state index contributed by atoms with van der Waals surface area (Å²) in [5.41, 5.74) is 0. The van der Waals surface area contributed by atoms with Gasteiger partial charge in [0.15, 0.2) is 0 Å². The van der Waals surface area contributed by atoms with Crippen LogP contribution in [0.15, 0.2) is 0 Å². The first-order chi connectivity index (χ1) is 7.33. The van der Waals surface area contributed by atoms with Crippen LogP contribution in [-0.2, 0) is 4.79 Å². The third-order valence-corrected chi connectivity index (χ3v) is 4.17. The quantitative estimate of drug-likeness (QED) is 0.666. The smallest absolute Gasteiger partial charge is 0.143 e. The minimum Gasteiger partial charge on any atom is -0.299 e. The van der Waals surface area contributed by atoms with Gasteiger partial charge in [-0.25, -0.2) is 0 Å². The van der Waals surface area contributed by atoms with Gasteiger partial charge in [0, 0.05) is 18.1 Å². The summed E-state index contributed by atoms with van der Waals surface area (Å²) in [5.74, 6) is 6.83. The zero-order chi connectivity index (χ0) is 10.9. The number of hydrogen-bond donors (Lipinski definition) is 0. The van der Waals surface area contributed by atoms with Gasteiger partial charge in [0.25, 0.3) is 0 Å². The highest BCUT2D eigenvalue weighted by Crippen LogP contribution is 2.28. The van der Waals surface area contributed by atoms with E-state index in [4.69, 9.17) is 0 Å². The van der Waals surface area contributed by atoms with E-state index in [1.165, 1.54) is 32.1 Å². The Morgan fingerprint density at radius 3 is 2.73 bits per heavy atom. The maximum Gasteiger partial charge on any atom is 0.143 e. The number of carbonyl (C=O) groups excluding carboxylic acids is 1. The number of carbonyl (C=O) groups is 1. The van der Waals surface area contributed by atoms with Crippen molar-refractivity contribution >= 4 is 17.5 Å². The molecule has 0 saturated heterocycles. The third-order valence-electron chi connectivity index (χ3n) is 2.74. The fourth-order valence-electron chi connectivity index (χ4n) is 1.84. The van der Waals surface area contributed by atoms with Crippen molar-refractivity contribution in [2.24, 2.45) is 0 Å². The lowest BCUT2D eigenvalue weighted by Gasteiger charge is -2.20. The van der Waals surface area contributed by atoms with Crippen molar-refractivity contribution in [2.45, 2.75) is 57.1 Å². The Morgan fingerprint density at radius 1 is 1.33 bits per heavy atom. The van der Waals surface area contributed by atoms with Crippen molar-refractivity contribution in [1.29, 1.82) is 0 Å². The van der Waals surface area contributed by atoms with Crippen LogP contribution in [0.2, 0.25) is 0 Å². The summed E-state index contributed by atoms with van der Waals surface area (Å²) >= 11 is 1.87. The predicted molar refractivity (Wildman–Crippen MR) is 67.0 cm³/mol. The summed E-state index contributed by atoms with van der Waals surface area (Å²) < 4.78 is 0. The molecular weight excluding hydrogens is 204 g/mol. The molecule has 0 atom stereocenters. The molecule has 0 aromatic rings. The summed E-state index contributed by atoms with van der Waals surface area (Å²) in [4.78, 5) is 11.5. The highest BCUT2D eigenvalue weighted by atomic mass is 32.2. The molecule has 1 rings (SSSR count). The number of rotatable bonds is 5. The van der Waals surface area contributed by atoms with Crippen molar-refractivity contribution in [1.82, 2.24) is 0 Å². The largest absolute Gasteiger partial charge is 0.299 e. The summed E-state index contributed by atoms with van der Waals surface area (Å²) in [6, 6.07) is 0. The van der Waals surface area contributed by atoms with E-state index in [0.29, 0.717) is 18.0 Å². The Hall–Kier alpha value is -0.420. The molecule has 1 nitrogen and oxygen atoms in total. The molecule has 1 saturated carbocycles. The zero-order valence-electron chi connectivity index (χ0n) is 9.55. The van der Waals surface area contributed by atoms with Crippen molar-refractivity contribution in [3.8, 4) is 11.8 Å². The molecule has 0 heterocycles. The molecule has 1 fully saturated rings. The van der Waals surface area contributed by atoms with Crippen LogP contribution in [0.1, 0.15) is 51.9 Å². The normalized spacial score (nSPS) is 16.9. The highest BCUT2D eigenvalue weighted by Gasteiger charge is 2.14. The number of hydrogen-bond acceptors (Lipinski definition) is 2. The summed E-state index contributed by atoms with van der Waals surface area (Å²) in [6.45, 7) is 1.82. The maximum atomic E-state index is 11.5. The van der Waals surface area contributed by atoms with Crippen LogP contribution >= 0.6 is 11.8 Å². The van der Waals surface area contributed by atoms with Gasteiger partial charge in [0.1, 0.15) is 5.78 Å². The van der Waals surface area contributed by atoms with E-state index < -0.39 is 0 Å². The molecule has 0 aromatic carbocycles. The van der Waals surface area contributed by atoms with Gasteiger partial charge in [-0.2, -0.15) is 11.8 Å². The zero-order valence-corrected chi connectivity index (χ0v) is 10.4. The topological polar surface area (TPSA) is 17.1 Å². The lowest BCUT2D eigenvalue weighted by atomic mass is 10.0. The average Bonchev–Trinajstić information content (AvgIpc) is 2.28. The van der Waals surface area contributed by atoms with Gasteiger partial charge in [-0.1, -0.05) is 19.3 Å². The van der Waals surface area contributed by atoms with Gasteiger partial charge >= 0.3 is 0 Å². The maximum absolute atomic E-state index is 11.5. The first-order valence-electron chi connectivity index (χ1n) is 5.86. The highest BCUT2D eigenvalue weighted by molar-refractivity contribution is 8.00. The molecule has 0 radical (unpaired) electrons. The van der Waals surface area contributed by atoms with Crippen LogP contribution in [0.5, 0.6) is 0 Å². The molecule has 1 aliphatic rings. The Balaban J connectivity index is 2.06. The molecule has 0 spiro atoms. The van der Waals surface area contributed by atoms with Crippen LogP contribution in [-0.4, -0.2) is 16.8 Å². The molecule has 0 aromatic heterocycles. The lowest BCUT2D eigenvalue weighted by Crippen LogP contribution is -2.11. The Kier molecular flexibility index (Phi) is 6.59. The molecule has 0 unspecified atom stereocenters. The minimum absolute atomic E-state index is 0.369. The van der Waals surface area contributed by atoms with Crippen LogP contribution in [0.25, 0.3) is 0 Å². The molecule has 0 aliphatic heterocycles. The van der Waals surface area contributed by atoms with Gasteiger partial charge in [-0.15, -0.1) is 11.8 Å². The minimum atomic E-state index is 0.369. The van der Waals surface area contributed by atoms with E-state index in [1.54, 1.807) is 0 Å². The third kappa shape index (κ3) is 5.89. The molecule has 0 amide bonds. The van der Waals surface area contributed by atoms with Crippen molar-refractivity contribution < 1.29 is 4.79 Å². The van der Waals surface area contributed by atoms with Crippen molar-refractivity contribution in [3.63, 3.8) is 0 Å². The van der Waals surface area contributed by atoms with Crippen molar-refractivity contribution in [3.05, 3.63) is 0 Å². The second-order valence-corrected chi connectivity index (χ2v) is 5.33. The molecule has 84 valence electrons. The van der Waals surface area contributed by atoms with Gasteiger partial charge in [-0.3, -0.25) is 4.79 Å². The van der Waals surface area contributed by atoms with E-state index in [-0.39, 0.29) is 0 Å². The van der Waals surface area contributed by atoms with Gasteiger partial charge in [0.05, 0.1) is 5.75 Å². The van der Waals surface area contributed by atoms with E-state index >= 15 is 0 Å². The fourth-order valence-corrected chi connectivity index (χ4v) is 3.07. The van der Waals surface area contributed by atoms with Crippen LogP contribution in [0.3, 0.4) is 0 Å². The Bertz CT molecular complexity index is 243. The standard InChI is InChI=1S/C13H20OS/c1-2-3-5-8-12(14)11-15-13-9-6-4-7-10-13/h13H,4-11H2,1H3. The Labute approximate surface area is 97.4 Å². The first-order valence-corrected chi connectivity index (χ1v) is 6.90. The second-order valence-electron chi connectivity index (χ2n) is 4.04. The van der Waals surface area contributed by atoms with E-state index in [2.05, 4.69) is 11.8 Å². The molecular formula is C13H20OS. The summed E-state index contributed by atoms with van der Waals surface area (Å²) in [6.07, 6.45) is 8.10. The lowest BCUT2D eigenvalue weighted by molar-refractivity contribution is -0.116. The monoisotopic (exact) mass is 224 g/mol. The number of thioether (sulfide) groups is 1. The molecule has 0 N–H and O–H groups in total. The average molecular weight is 224 g/mol. The number of ketones is 1. The van der Waals surface area contributed by atoms with E-state index in [1.807, 2.05) is 18.7 Å². The SMILES string of the molecule is CC#CCCC(=O)CSC1CCCCC1. The first kappa shape index (κ1) is 12.6. The second kappa shape index (κ2) is 7.82. The van der Waals surface area contributed by atoms with Crippen LogP contribution < -0.4 is 0 Å². The van der Waals surface area contributed by atoms with Crippen LogP contribution in [0, 0.1) is 11.8 Å². The van der Waals surface area contributed by atoms with Gasteiger partial charge in [-0.05, 0) is 19.8 Å². The molecule has 2 heteroatoms. The van der Waals surface area contributed by atoms with E-state index in [0.717, 1.165) is 11.7 Å². The summed E-state index contributed by atoms with van der Waals surface area (Å²) in [7, 11) is 0.